The third-order valence-corrected chi connectivity index (χ3v) is 5.81. The van der Waals surface area contributed by atoms with Gasteiger partial charge in [-0.1, -0.05) is 26.0 Å². The maximum Gasteiger partial charge on any atom is 0.269 e. The second-order valence-corrected chi connectivity index (χ2v) is 7.29. The van der Waals surface area contributed by atoms with Gasteiger partial charge in [0, 0.05) is 37.5 Å². The number of nitro benzene ring substituents is 1. The van der Waals surface area contributed by atoms with Crippen LogP contribution in [0.2, 0.25) is 0 Å². The standard InChI is InChI=1S/C16H19N3O5S/c1-3-18(4-2)25(23,24)15-8-9-16(20)17(12-15)11-13-6-5-7-14(10-13)19(21)22/h5-10,12H,3-4,11H2,1-2H3. The summed E-state index contributed by atoms with van der Waals surface area (Å²) in [6.45, 7) is 4.16. The maximum atomic E-state index is 12.6. The lowest BCUT2D eigenvalue weighted by atomic mass is 10.2. The fourth-order valence-corrected chi connectivity index (χ4v) is 3.94. The van der Waals surface area contributed by atoms with Crippen molar-refractivity contribution in [3.8, 4) is 0 Å². The van der Waals surface area contributed by atoms with E-state index >= 15 is 0 Å². The predicted octanol–water partition coefficient (Wildman–Crippen LogP) is 1.84. The van der Waals surface area contributed by atoms with Crippen molar-refractivity contribution in [2.24, 2.45) is 0 Å². The highest BCUT2D eigenvalue weighted by Gasteiger charge is 2.22. The Morgan fingerprint density at radius 3 is 2.44 bits per heavy atom. The number of sulfonamides is 1. The normalized spacial score (nSPS) is 11.6. The molecule has 0 spiro atoms. The summed E-state index contributed by atoms with van der Waals surface area (Å²) in [7, 11) is -3.69. The molecule has 1 aromatic carbocycles. The maximum absolute atomic E-state index is 12.6. The average Bonchev–Trinajstić information content (AvgIpc) is 2.57. The molecular weight excluding hydrogens is 346 g/mol. The molecule has 0 aliphatic carbocycles. The number of benzene rings is 1. The van der Waals surface area contributed by atoms with Crippen LogP contribution in [0.5, 0.6) is 0 Å². The van der Waals surface area contributed by atoms with Crippen molar-refractivity contribution < 1.29 is 13.3 Å². The Labute approximate surface area is 145 Å². The molecule has 0 amide bonds. The molecule has 0 bridgehead atoms. The van der Waals surface area contributed by atoms with E-state index < -0.39 is 14.9 Å². The zero-order valence-electron chi connectivity index (χ0n) is 14.0. The van der Waals surface area contributed by atoms with E-state index in [0.29, 0.717) is 18.7 Å². The first-order chi connectivity index (χ1) is 11.8. The number of nitrogens with zero attached hydrogens (tertiary/aromatic N) is 3. The smallest absolute Gasteiger partial charge is 0.269 e. The van der Waals surface area contributed by atoms with Crippen molar-refractivity contribution >= 4 is 15.7 Å². The number of rotatable bonds is 7. The van der Waals surface area contributed by atoms with Crippen LogP contribution < -0.4 is 5.56 Å². The molecule has 8 nitrogen and oxygen atoms in total. The van der Waals surface area contributed by atoms with Gasteiger partial charge >= 0.3 is 0 Å². The molecule has 0 radical (unpaired) electrons. The number of hydrogen-bond acceptors (Lipinski definition) is 5. The van der Waals surface area contributed by atoms with Crippen LogP contribution in [0.3, 0.4) is 0 Å². The first-order valence-electron chi connectivity index (χ1n) is 7.73. The summed E-state index contributed by atoms with van der Waals surface area (Å²) in [5.74, 6) is 0. The van der Waals surface area contributed by atoms with Gasteiger partial charge in [-0.05, 0) is 11.6 Å². The van der Waals surface area contributed by atoms with Gasteiger partial charge in [-0.15, -0.1) is 0 Å². The van der Waals surface area contributed by atoms with Crippen molar-refractivity contribution in [1.29, 1.82) is 0 Å². The molecule has 2 aromatic rings. The lowest BCUT2D eigenvalue weighted by Crippen LogP contribution is -2.32. The molecule has 9 heteroatoms. The minimum atomic E-state index is -3.69. The van der Waals surface area contributed by atoms with E-state index in [4.69, 9.17) is 0 Å². The third-order valence-electron chi connectivity index (χ3n) is 3.77. The van der Waals surface area contributed by atoms with Crippen LogP contribution in [-0.2, 0) is 16.6 Å². The number of aromatic nitrogens is 1. The fraction of sp³-hybridized carbons (Fsp3) is 0.312. The van der Waals surface area contributed by atoms with Gasteiger partial charge in [0.25, 0.3) is 11.2 Å². The van der Waals surface area contributed by atoms with E-state index in [-0.39, 0.29) is 22.7 Å². The SMILES string of the molecule is CCN(CC)S(=O)(=O)c1ccc(=O)n(Cc2cccc([N+](=O)[O-])c2)c1. The van der Waals surface area contributed by atoms with Gasteiger partial charge in [-0.2, -0.15) is 4.31 Å². The summed E-state index contributed by atoms with van der Waals surface area (Å²) in [6, 6.07) is 8.35. The Morgan fingerprint density at radius 2 is 1.84 bits per heavy atom. The summed E-state index contributed by atoms with van der Waals surface area (Å²) in [6.07, 6.45) is 1.27. The molecular formula is C16H19N3O5S. The second-order valence-electron chi connectivity index (χ2n) is 5.35. The van der Waals surface area contributed by atoms with Gasteiger partial charge in [0.05, 0.1) is 16.4 Å². The van der Waals surface area contributed by atoms with E-state index in [9.17, 15) is 23.3 Å². The van der Waals surface area contributed by atoms with Crippen LogP contribution in [0.25, 0.3) is 0 Å². The number of hydrogen-bond donors (Lipinski definition) is 0. The van der Waals surface area contributed by atoms with Gasteiger partial charge in [-0.25, -0.2) is 8.42 Å². The molecule has 0 fully saturated rings. The van der Waals surface area contributed by atoms with Gasteiger partial charge in [-0.3, -0.25) is 14.9 Å². The van der Waals surface area contributed by atoms with E-state index in [1.807, 2.05) is 0 Å². The number of non-ortho nitro benzene ring substituents is 1. The molecule has 0 saturated carbocycles. The van der Waals surface area contributed by atoms with Crippen molar-refractivity contribution in [3.05, 3.63) is 68.6 Å². The van der Waals surface area contributed by atoms with Crippen LogP contribution in [0, 0.1) is 10.1 Å². The molecule has 0 unspecified atom stereocenters. The summed E-state index contributed by atoms with van der Waals surface area (Å²) < 4.78 is 27.7. The molecule has 0 aliphatic heterocycles. The zero-order chi connectivity index (χ0) is 18.6. The largest absolute Gasteiger partial charge is 0.310 e. The lowest BCUT2D eigenvalue weighted by molar-refractivity contribution is -0.384. The monoisotopic (exact) mass is 365 g/mol. The zero-order valence-corrected chi connectivity index (χ0v) is 14.8. The lowest BCUT2D eigenvalue weighted by Gasteiger charge is -2.19. The Balaban J connectivity index is 2.42. The van der Waals surface area contributed by atoms with Crippen molar-refractivity contribution in [1.82, 2.24) is 8.87 Å². The first-order valence-corrected chi connectivity index (χ1v) is 9.17. The molecule has 0 N–H and O–H groups in total. The van der Waals surface area contributed by atoms with Gasteiger partial charge in [0.1, 0.15) is 0 Å². The summed E-state index contributed by atoms with van der Waals surface area (Å²) in [5.41, 5.74) is 0.0659. The molecule has 0 atom stereocenters. The summed E-state index contributed by atoms with van der Waals surface area (Å²) >= 11 is 0. The van der Waals surface area contributed by atoms with Crippen LogP contribution >= 0.6 is 0 Å². The minimum absolute atomic E-state index is 0.0150. The predicted molar refractivity (Wildman–Crippen MR) is 93.0 cm³/mol. The molecule has 25 heavy (non-hydrogen) atoms. The number of pyridine rings is 1. The molecule has 134 valence electrons. The quantitative estimate of drug-likeness (QED) is 0.550. The van der Waals surface area contributed by atoms with Crippen LogP contribution in [-0.4, -0.2) is 35.3 Å². The summed E-state index contributed by atoms with van der Waals surface area (Å²) in [4.78, 5) is 22.4. The highest BCUT2D eigenvalue weighted by Crippen LogP contribution is 2.16. The van der Waals surface area contributed by atoms with Gasteiger partial charge in [0.15, 0.2) is 0 Å². The average molecular weight is 365 g/mol. The van der Waals surface area contributed by atoms with E-state index in [0.717, 1.165) is 0 Å². The summed E-state index contributed by atoms with van der Waals surface area (Å²) in [5, 5.41) is 10.9. The van der Waals surface area contributed by atoms with Gasteiger partial charge < -0.3 is 4.57 Å². The third kappa shape index (κ3) is 4.12. The molecule has 2 rings (SSSR count). The first kappa shape index (κ1) is 18.8. The molecule has 1 heterocycles. The highest BCUT2D eigenvalue weighted by molar-refractivity contribution is 7.89. The van der Waals surface area contributed by atoms with E-state index in [1.54, 1.807) is 19.9 Å². The van der Waals surface area contributed by atoms with Crippen molar-refractivity contribution in [2.45, 2.75) is 25.3 Å². The van der Waals surface area contributed by atoms with E-state index in [1.165, 1.54) is 45.4 Å². The fourth-order valence-electron chi connectivity index (χ4n) is 2.46. The van der Waals surface area contributed by atoms with Crippen LogP contribution in [0.1, 0.15) is 19.4 Å². The topological polar surface area (TPSA) is 103 Å². The Bertz CT molecular complexity index is 933. The van der Waals surface area contributed by atoms with Gasteiger partial charge in [0.2, 0.25) is 10.0 Å². The highest BCUT2D eigenvalue weighted by atomic mass is 32.2. The minimum Gasteiger partial charge on any atom is -0.310 e. The Morgan fingerprint density at radius 1 is 1.16 bits per heavy atom. The van der Waals surface area contributed by atoms with Crippen LogP contribution in [0.15, 0.2) is 52.3 Å². The Hall–Kier alpha value is -2.52. The molecule has 0 aliphatic rings. The molecule has 0 saturated heterocycles. The number of nitro groups is 1. The Kier molecular flexibility index (Phi) is 5.70. The second kappa shape index (κ2) is 7.58. The van der Waals surface area contributed by atoms with Crippen LogP contribution in [0.4, 0.5) is 5.69 Å². The van der Waals surface area contributed by atoms with E-state index in [2.05, 4.69) is 0 Å². The molecule has 1 aromatic heterocycles. The van der Waals surface area contributed by atoms with Crippen molar-refractivity contribution in [3.63, 3.8) is 0 Å². The van der Waals surface area contributed by atoms with Crippen molar-refractivity contribution in [2.75, 3.05) is 13.1 Å².